The number of hydrogen-bond acceptors (Lipinski definition) is 5. The molecule has 1 aromatic rings. The molecule has 0 aromatic carbocycles. The molecule has 1 saturated heterocycles. The Kier molecular flexibility index (Phi) is 4.01. The van der Waals surface area contributed by atoms with E-state index in [4.69, 9.17) is 4.74 Å². The maximum absolute atomic E-state index is 5.20. The number of anilines is 1. The molecule has 0 spiro atoms. The number of rotatable bonds is 4. The highest BCUT2D eigenvalue weighted by atomic mass is 16.5. The van der Waals surface area contributed by atoms with Gasteiger partial charge < -0.3 is 15.4 Å². The second kappa shape index (κ2) is 5.52. The van der Waals surface area contributed by atoms with Gasteiger partial charge in [-0.05, 0) is 31.7 Å². The smallest absolute Gasteiger partial charge is 0.221 e. The monoisotopic (exact) mass is 250 g/mol. The van der Waals surface area contributed by atoms with Crippen molar-refractivity contribution in [3.8, 4) is 5.88 Å². The summed E-state index contributed by atoms with van der Waals surface area (Å²) in [5.74, 6) is 1.51. The van der Waals surface area contributed by atoms with Crippen LogP contribution in [0, 0.1) is 12.3 Å². The van der Waals surface area contributed by atoms with Gasteiger partial charge in [-0.2, -0.15) is 0 Å². The molecule has 5 nitrogen and oxygen atoms in total. The van der Waals surface area contributed by atoms with Crippen molar-refractivity contribution in [1.82, 2.24) is 15.3 Å². The van der Waals surface area contributed by atoms with E-state index in [1.807, 2.05) is 6.92 Å². The maximum Gasteiger partial charge on any atom is 0.221 e. The fourth-order valence-electron chi connectivity index (χ4n) is 2.38. The number of methoxy groups -OCH3 is 1. The Hall–Kier alpha value is -1.36. The lowest BCUT2D eigenvalue weighted by Crippen LogP contribution is -2.42. The standard InChI is InChI=1S/C13H22N4O/c1-10-11(16-9-17-12(10)18-3)15-8-13(2)5-4-6-14-7-13/h9,14H,4-8H2,1-3H3,(H,15,16,17). The molecule has 1 unspecified atom stereocenters. The molecule has 1 aliphatic rings. The first-order valence-corrected chi connectivity index (χ1v) is 6.45. The zero-order valence-corrected chi connectivity index (χ0v) is 11.4. The van der Waals surface area contributed by atoms with Crippen molar-refractivity contribution in [3.05, 3.63) is 11.9 Å². The van der Waals surface area contributed by atoms with Crippen molar-refractivity contribution in [2.75, 3.05) is 32.1 Å². The van der Waals surface area contributed by atoms with Gasteiger partial charge >= 0.3 is 0 Å². The predicted octanol–water partition coefficient (Wildman–Crippen LogP) is 1.60. The minimum absolute atomic E-state index is 0.295. The van der Waals surface area contributed by atoms with Crippen LogP contribution in [-0.4, -0.2) is 36.7 Å². The summed E-state index contributed by atoms with van der Waals surface area (Å²) in [6.07, 6.45) is 4.02. The van der Waals surface area contributed by atoms with E-state index in [0.717, 1.165) is 31.0 Å². The number of piperidine rings is 1. The number of nitrogens with zero attached hydrogens (tertiary/aromatic N) is 2. The first-order chi connectivity index (χ1) is 8.64. The Morgan fingerprint density at radius 3 is 3.00 bits per heavy atom. The maximum atomic E-state index is 5.20. The fourth-order valence-corrected chi connectivity index (χ4v) is 2.38. The molecule has 1 aromatic heterocycles. The summed E-state index contributed by atoms with van der Waals surface area (Å²) in [5, 5.41) is 6.88. The summed E-state index contributed by atoms with van der Waals surface area (Å²) in [7, 11) is 1.63. The van der Waals surface area contributed by atoms with E-state index in [1.54, 1.807) is 7.11 Å². The third-order valence-corrected chi connectivity index (χ3v) is 3.60. The topological polar surface area (TPSA) is 59.1 Å². The van der Waals surface area contributed by atoms with Crippen LogP contribution in [0.2, 0.25) is 0 Å². The fraction of sp³-hybridized carbons (Fsp3) is 0.692. The molecule has 0 saturated carbocycles. The zero-order chi connectivity index (χ0) is 13.0. The van der Waals surface area contributed by atoms with E-state index in [-0.39, 0.29) is 0 Å². The molecule has 1 atom stereocenters. The lowest BCUT2D eigenvalue weighted by molar-refractivity contribution is 0.253. The molecule has 100 valence electrons. The van der Waals surface area contributed by atoms with Crippen molar-refractivity contribution < 1.29 is 4.74 Å². The highest BCUT2D eigenvalue weighted by Gasteiger charge is 2.26. The second-order valence-corrected chi connectivity index (χ2v) is 5.30. The van der Waals surface area contributed by atoms with Gasteiger partial charge in [0.25, 0.3) is 0 Å². The normalized spacial score (nSPS) is 23.7. The molecular formula is C13H22N4O. The van der Waals surface area contributed by atoms with E-state index < -0.39 is 0 Å². The lowest BCUT2D eigenvalue weighted by atomic mass is 9.83. The summed E-state index contributed by atoms with van der Waals surface area (Å²) in [6, 6.07) is 0. The largest absolute Gasteiger partial charge is 0.481 e. The van der Waals surface area contributed by atoms with E-state index >= 15 is 0 Å². The van der Waals surface area contributed by atoms with Crippen molar-refractivity contribution in [3.63, 3.8) is 0 Å². The van der Waals surface area contributed by atoms with Gasteiger partial charge in [-0.3, -0.25) is 0 Å². The summed E-state index contributed by atoms with van der Waals surface area (Å²) in [4.78, 5) is 8.36. The molecule has 0 aliphatic carbocycles. The van der Waals surface area contributed by atoms with E-state index in [2.05, 4.69) is 27.5 Å². The van der Waals surface area contributed by atoms with Crippen molar-refractivity contribution in [2.24, 2.45) is 5.41 Å². The molecule has 2 heterocycles. The third kappa shape index (κ3) is 2.90. The van der Waals surface area contributed by atoms with Crippen molar-refractivity contribution >= 4 is 5.82 Å². The Morgan fingerprint density at radius 1 is 1.50 bits per heavy atom. The van der Waals surface area contributed by atoms with Crippen LogP contribution >= 0.6 is 0 Å². The van der Waals surface area contributed by atoms with E-state index in [9.17, 15) is 0 Å². The number of ether oxygens (including phenoxy) is 1. The molecular weight excluding hydrogens is 228 g/mol. The van der Waals surface area contributed by atoms with Crippen LogP contribution in [0.15, 0.2) is 6.33 Å². The summed E-state index contributed by atoms with van der Waals surface area (Å²) >= 11 is 0. The first kappa shape index (κ1) is 13.1. The second-order valence-electron chi connectivity index (χ2n) is 5.30. The van der Waals surface area contributed by atoms with E-state index in [1.165, 1.54) is 19.2 Å². The third-order valence-electron chi connectivity index (χ3n) is 3.60. The SMILES string of the molecule is COc1ncnc(NCC2(C)CCCNC2)c1C. The molecule has 18 heavy (non-hydrogen) atoms. The minimum Gasteiger partial charge on any atom is -0.481 e. The Labute approximate surface area is 108 Å². The van der Waals surface area contributed by atoms with Crippen LogP contribution in [-0.2, 0) is 0 Å². The Bertz CT molecular complexity index is 402. The molecule has 0 radical (unpaired) electrons. The van der Waals surface area contributed by atoms with Gasteiger partial charge in [0.1, 0.15) is 12.1 Å². The Balaban J connectivity index is 2.01. The quantitative estimate of drug-likeness (QED) is 0.850. The van der Waals surface area contributed by atoms with Gasteiger partial charge in [0.15, 0.2) is 0 Å². The summed E-state index contributed by atoms with van der Waals surface area (Å²) < 4.78 is 5.20. The first-order valence-electron chi connectivity index (χ1n) is 6.45. The molecule has 2 rings (SSSR count). The summed E-state index contributed by atoms with van der Waals surface area (Å²) in [5.41, 5.74) is 1.26. The van der Waals surface area contributed by atoms with Crippen LogP contribution < -0.4 is 15.4 Å². The number of aromatic nitrogens is 2. The molecule has 5 heteroatoms. The van der Waals surface area contributed by atoms with Gasteiger partial charge in [-0.25, -0.2) is 9.97 Å². The van der Waals surface area contributed by atoms with Crippen molar-refractivity contribution in [1.29, 1.82) is 0 Å². The van der Waals surface area contributed by atoms with Crippen LogP contribution in [0.3, 0.4) is 0 Å². The zero-order valence-electron chi connectivity index (χ0n) is 11.4. The highest BCUT2D eigenvalue weighted by molar-refractivity contribution is 5.47. The van der Waals surface area contributed by atoms with Gasteiger partial charge in [0.2, 0.25) is 5.88 Å². The number of nitrogens with one attached hydrogen (secondary N) is 2. The molecule has 0 bridgehead atoms. The lowest BCUT2D eigenvalue weighted by Gasteiger charge is -2.34. The molecule has 1 fully saturated rings. The van der Waals surface area contributed by atoms with Gasteiger partial charge in [-0.15, -0.1) is 0 Å². The van der Waals surface area contributed by atoms with E-state index in [0.29, 0.717) is 11.3 Å². The molecule has 2 N–H and O–H groups in total. The summed E-state index contributed by atoms with van der Waals surface area (Å²) in [6.45, 7) is 7.39. The average Bonchev–Trinajstić information content (AvgIpc) is 2.38. The molecule has 0 amide bonds. The van der Waals surface area contributed by atoms with Crippen LogP contribution in [0.25, 0.3) is 0 Å². The van der Waals surface area contributed by atoms with Crippen LogP contribution in [0.4, 0.5) is 5.82 Å². The van der Waals surface area contributed by atoms with Gasteiger partial charge in [0, 0.05) is 13.1 Å². The van der Waals surface area contributed by atoms with Gasteiger partial charge in [0.05, 0.1) is 12.7 Å². The average molecular weight is 250 g/mol. The molecule has 1 aliphatic heterocycles. The predicted molar refractivity (Wildman–Crippen MR) is 72.0 cm³/mol. The minimum atomic E-state index is 0.295. The number of hydrogen-bond donors (Lipinski definition) is 2. The van der Waals surface area contributed by atoms with Crippen molar-refractivity contribution in [2.45, 2.75) is 26.7 Å². The Morgan fingerprint density at radius 2 is 2.33 bits per heavy atom. The van der Waals surface area contributed by atoms with Crippen LogP contribution in [0.5, 0.6) is 5.88 Å². The van der Waals surface area contributed by atoms with Crippen LogP contribution in [0.1, 0.15) is 25.3 Å². The van der Waals surface area contributed by atoms with Gasteiger partial charge in [-0.1, -0.05) is 6.92 Å². The highest BCUT2D eigenvalue weighted by Crippen LogP contribution is 2.27.